The average molecular weight is 272 g/mol. The highest BCUT2D eigenvalue weighted by molar-refractivity contribution is 5.54. The maximum atomic E-state index is 12.7. The molecule has 0 saturated carbocycles. The standard InChI is InChI=1S/C14H19F3N2/c1-2-5-12-9-19(10-14(15,16)17)13-7-4-3-6-11(13)8-18-12/h3-4,6-7,12,18H,2,5,8-10H2,1H3. The van der Waals surface area contributed by atoms with Gasteiger partial charge in [0, 0.05) is 24.8 Å². The van der Waals surface area contributed by atoms with Crippen molar-refractivity contribution in [2.75, 3.05) is 18.0 Å². The first-order valence-electron chi connectivity index (χ1n) is 6.62. The second kappa shape index (κ2) is 5.82. The van der Waals surface area contributed by atoms with Crippen molar-refractivity contribution in [3.8, 4) is 0 Å². The minimum absolute atomic E-state index is 0.111. The van der Waals surface area contributed by atoms with Gasteiger partial charge in [-0.05, 0) is 18.1 Å². The summed E-state index contributed by atoms with van der Waals surface area (Å²) in [6.45, 7) is 2.21. The number of nitrogens with zero attached hydrogens (tertiary/aromatic N) is 1. The smallest absolute Gasteiger partial charge is 0.361 e. The summed E-state index contributed by atoms with van der Waals surface area (Å²) in [5, 5.41) is 3.35. The number of fused-ring (bicyclic) bond motifs is 1. The van der Waals surface area contributed by atoms with Gasteiger partial charge in [-0.25, -0.2) is 0 Å². The van der Waals surface area contributed by atoms with E-state index in [9.17, 15) is 13.2 Å². The number of anilines is 1. The number of rotatable bonds is 3. The lowest BCUT2D eigenvalue weighted by Crippen LogP contribution is -2.42. The van der Waals surface area contributed by atoms with Gasteiger partial charge in [0.15, 0.2) is 0 Å². The molecule has 0 spiro atoms. The molecular weight excluding hydrogens is 253 g/mol. The molecule has 1 heterocycles. The molecule has 5 heteroatoms. The Balaban J connectivity index is 2.24. The van der Waals surface area contributed by atoms with Gasteiger partial charge in [0.2, 0.25) is 0 Å². The summed E-state index contributed by atoms with van der Waals surface area (Å²) in [6, 6.07) is 7.44. The van der Waals surface area contributed by atoms with E-state index in [-0.39, 0.29) is 6.04 Å². The van der Waals surface area contributed by atoms with Gasteiger partial charge in [-0.1, -0.05) is 31.5 Å². The molecule has 1 aliphatic rings. The molecule has 1 aromatic rings. The lowest BCUT2D eigenvalue weighted by Gasteiger charge is -2.28. The number of halogens is 3. The maximum Gasteiger partial charge on any atom is 0.405 e. The van der Waals surface area contributed by atoms with Gasteiger partial charge in [0.25, 0.3) is 0 Å². The van der Waals surface area contributed by atoms with Crippen molar-refractivity contribution in [3.63, 3.8) is 0 Å². The van der Waals surface area contributed by atoms with Crippen molar-refractivity contribution in [1.82, 2.24) is 5.32 Å². The normalized spacial score (nSPS) is 20.0. The van der Waals surface area contributed by atoms with Gasteiger partial charge in [0.1, 0.15) is 6.54 Å². The predicted molar refractivity (Wildman–Crippen MR) is 70.2 cm³/mol. The molecule has 1 aromatic carbocycles. The quantitative estimate of drug-likeness (QED) is 0.908. The third kappa shape index (κ3) is 3.86. The van der Waals surface area contributed by atoms with Crippen LogP contribution in [-0.4, -0.2) is 25.3 Å². The van der Waals surface area contributed by atoms with Gasteiger partial charge in [-0.15, -0.1) is 0 Å². The lowest BCUT2D eigenvalue weighted by atomic mass is 10.1. The molecule has 1 atom stereocenters. The Morgan fingerprint density at radius 1 is 1.32 bits per heavy atom. The summed E-state index contributed by atoms with van der Waals surface area (Å²) in [6.07, 6.45) is -2.32. The van der Waals surface area contributed by atoms with E-state index < -0.39 is 12.7 Å². The molecule has 2 nitrogen and oxygen atoms in total. The van der Waals surface area contributed by atoms with E-state index in [0.717, 1.165) is 18.4 Å². The maximum absolute atomic E-state index is 12.7. The topological polar surface area (TPSA) is 15.3 Å². The zero-order chi connectivity index (χ0) is 13.9. The molecule has 106 valence electrons. The Morgan fingerprint density at radius 2 is 2.05 bits per heavy atom. The Morgan fingerprint density at radius 3 is 2.74 bits per heavy atom. The van der Waals surface area contributed by atoms with Crippen molar-refractivity contribution in [1.29, 1.82) is 0 Å². The Labute approximate surface area is 111 Å². The first-order valence-corrected chi connectivity index (χ1v) is 6.62. The van der Waals surface area contributed by atoms with Crippen molar-refractivity contribution < 1.29 is 13.2 Å². The molecule has 0 amide bonds. The van der Waals surface area contributed by atoms with Crippen LogP contribution in [0.15, 0.2) is 24.3 Å². The third-order valence-electron chi connectivity index (χ3n) is 3.36. The van der Waals surface area contributed by atoms with Crippen LogP contribution in [0, 0.1) is 0 Å². The molecule has 0 fully saturated rings. The van der Waals surface area contributed by atoms with Crippen LogP contribution < -0.4 is 10.2 Å². The van der Waals surface area contributed by atoms with Gasteiger partial charge in [0.05, 0.1) is 0 Å². The third-order valence-corrected chi connectivity index (χ3v) is 3.36. The largest absolute Gasteiger partial charge is 0.405 e. The molecule has 1 aliphatic heterocycles. The minimum atomic E-state index is -4.17. The number of hydrogen-bond acceptors (Lipinski definition) is 2. The molecule has 0 aromatic heterocycles. The molecule has 0 saturated heterocycles. The molecule has 1 N–H and O–H groups in total. The van der Waals surface area contributed by atoms with E-state index in [1.807, 2.05) is 19.1 Å². The first kappa shape index (κ1) is 14.2. The van der Waals surface area contributed by atoms with E-state index in [1.54, 1.807) is 12.1 Å². The van der Waals surface area contributed by atoms with Crippen molar-refractivity contribution >= 4 is 5.69 Å². The lowest BCUT2D eigenvalue weighted by molar-refractivity contribution is -0.119. The van der Waals surface area contributed by atoms with Crippen molar-refractivity contribution in [2.45, 2.75) is 38.5 Å². The first-order chi connectivity index (χ1) is 8.99. The fourth-order valence-corrected chi connectivity index (χ4v) is 2.56. The zero-order valence-corrected chi connectivity index (χ0v) is 11.0. The van der Waals surface area contributed by atoms with Crippen molar-refractivity contribution in [2.24, 2.45) is 0 Å². The summed E-state index contributed by atoms with van der Waals surface area (Å²) in [5.41, 5.74) is 1.64. The van der Waals surface area contributed by atoms with Crippen LogP contribution in [0.3, 0.4) is 0 Å². The highest BCUT2D eigenvalue weighted by Gasteiger charge is 2.33. The number of alkyl halides is 3. The van der Waals surface area contributed by atoms with Gasteiger partial charge >= 0.3 is 6.18 Å². The summed E-state index contributed by atoms with van der Waals surface area (Å²) < 4.78 is 38.2. The zero-order valence-electron chi connectivity index (χ0n) is 11.0. The van der Waals surface area contributed by atoms with Gasteiger partial charge in [-0.2, -0.15) is 13.2 Å². The van der Waals surface area contributed by atoms with Crippen LogP contribution in [0.4, 0.5) is 18.9 Å². The van der Waals surface area contributed by atoms with E-state index in [4.69, 9.17) is 0 Å². The molecule has 19 heavy (non-hydrogen) atoms. The molecule has 0 bridgehead atoms. The Kier molecular flexibility index (Phi) is 4.34. The summed E-state index contributed by atoms with van der Waals surface area (Å²) in [7, 11) is 0. The van der Waals surface area contributed by atoms with Crippen LogP contribution in [0.2, 0.25) is 0 Å². The number of nitrogens with one attached hydrogen (secondary N) is 1. The fourth-order valence-electron chi connectivity index (χ4n) is 2.56. The number of para-hydroxylation sites is 1. The summed E-state index contributed by atoms with van der Waals surface area (Å²) in [5.74, 6) is 0. The minimum Gasteiger partial charge on any atom is -0.361 e. The van der Waals surface area contributed by atoms with Crippen LogP contribution >= 0.6 is 0 Å². The van der Waals surface area contributed by atoms with Crippen LogP contribution in [0.1, 0.15) is 25.3 Å². The van der Waals surface area contributed by atoms with E-state index in [2.05, 4.69) is 5.32 Å². The molecule has 2 rings (SSSR count). The summed E-state index contributed by atoms with van der Waals surface area (Å²) in [4.78, 5) is 1.45. The van der Waals surface area contributed by atoms with E-state index in [0.29, 0.717) is 18.8 Å². The Hall–Kier alpha value is -1.23. The van der Waals surface area contributed by atoms with Crippen LogP contribution in [0.5, 0.6) is 0 Å². The molecule has 0 aliphatic carbocycles. The van der Waals surface area contributed by atoms with Crippen LogP contribution in [0.25, 0.3) is 0 Å². The summed E-state index contributed by atoms with van der Waals surface area (Å²) >= 11 is 0. The van der Waals surface area contributed by atoms with Gasteiger partial charge < -0.3 is 10.2 Å². The predicted octanol–water partition coefficient (Wildman–Crippen LogP) is 3.33. The molecule has 0 radical (unpaired) electrons. The Bertz CT molecular complexity index is 417. The number of hydrogen-bond donors (Lipinski definition) is 1. The second-order valence-corrected chi connectivity index (χ2v) is 4.99. The fraction of sp³-hybridized carbons (Fsp3) is 0.571. The monoisotopic (exact) mass is 272 g/mol. The molecular formula is C14H19F3N2. The second-order valence-electron chi connectivity index (χ2n) is 4.99. The van der Waals surface area contributed by atoms with Crippen LogP contribution in [-0.2, 0) is 6.54 Å². The van der Waals surface area contributed by atoms with Crippen molar-refractivity contribution in [3.05, 3.63) is 29.8 Å². The SMILES string of the molecule is CCCC1CN(CC(F)(F)F)c2ccccc2CN1. The highest BCUT2D eigenvalue weighted by atomic mass is 19.4. The highest BCUT2D eigenvalue weighted by Crippen LogP contribution is 2.27. The van der Waals surface area contributed by atoms with E-state index >= 15 is 0 Å². The number of benzene rings is 1. The molecule has 1 unspecified atom stereocenters. The average Bonchev–Trinajstić information content (AvgIpc) is 2.49. The van der Waals surface area contributed by atoms with E-state index in [1.165, 1.54) is 4.90 Å². The van der Waals surface area contributed by atoms with Gasteiger partial charge in [-0.3, -0.25) is 0 Å².